The fourth-order valence-corrected chi connectivity index (χ4v) is 2.40. The third-order valence-electron chi connectivity index (χ3n) is 3.85. The minimum absolute atomic E-state index is 0. The molecule has 1 fully saturated rings. The molecule has 0 heterocycles. The maximum absolute atomic E-state index is 11.6. The lowest BCUT2D eigenvalue weighted by Crippen LogP contribution is -2.41. The summed E-state index contributed by atoms with van der Waals surface area (Å²) in [5, 5.41) is 9.40. The van der Waals surface area contributed by atoms with Gasteiger partial charge in [-0.1, -0.05) is 18.2 Å². The van der Waals surface area contributed by atoms with Crippen molar-refractivity contribution in [3.63, 3.8) is 0 Å². The van der Waals surface area contributed by atoms with Gasteiger partial charge in [0.1, 0.15) is 5.75 Å². The average Bonchev–Trinajstić information content (AvgIpc) is 3.44. The molecule has 7 heteroatoms. The highest BCUT2D eigenvalue weighted by Crippen LogP contribution is 2.28. The number of amides is 1. The van der Waals surface area contributed by atoms with Gasteiger partial charge in [-0.25, -0.2) is 0 Å². The van der Waals surface area contributed by atoms with Crippen molar-refractivity contribution in [3.05, 3.63) is 29.8 Å². The van der Waals surface area contributed by atoms with Gasteiger partial charge in [0, 0.05) is 32.1 Å². The number of benzene rings is 1. The fraction of sp³-hybridized carbons (Fsp3) is 0.556. The van der Waals surface area contributed by atoms with E-state index >= 15 is 0 Å². The van der Waals surface area contributed by atoms with Crippen molar-refractivity contribution < 1.29 is 9.53 Å². The standard InChI is InChI=1S/C18H28N4O2.HI/c1-3-19-18(22-13-12-20-17(23)15-8-9-15)21-11-10-14-6-4-5-7-16(14)24-2;/h4-7,15H,3,8-13H2,1-2H3,(H,20,23)(H2,19,21,22);1H. The molecule has 0 aromatic heterocycles. The van der Waals surface area contributed by atoms with E-state index in [1.54, 1.807) is 7.11 Å². The highest BCUT2D eigenvalue weighted by Gasteiger charge is 2.28. The van der Waals surface area contributed by atoms with Crippen LogP contribution in [0.4, 0.5) is 0 Å². The first-order valence-electron chi connectivity index (χ1n) is 8.66. The first kappa shape index (κ1) is 21.5. The van der Waals surface area contributed by atoms with Gasteiger partial charge >= 0.3 is 0 Å². The van der Waals surface area contributed by atoms with Gasteiger partial charge < -0.3 is 20.7 Å². The summed E-state index contributed by atoms with van der Waals surface area (Å²) in [5.41, 5.74) is 1.15. The highest BCUT2D eigenvalue weighted by atomic mass is 127. The Kier molecular flexibility index (Phi) is 10.3. The van der Waals surface area contributed by atoms with Crippen molar-refractivity contribution in [2.75, 3.05) is 33.3 Å². The van der Waals surface area contributed by atoms with Crippen LogP contribution in [0.15, 0.2) is 29.3 Å². The topological polar surface area (TPSA) is 74.8 Å². The molecule has 3 N–H and O–H groups in total. The molecule has 6 nitrogen and oxygen atoms in total. The molecule has 0 saturated heterocycles. The van der Waals surface area contributed by atoms with E-state index in [-0.39, 0.29) is 35.8 Å². The lowest BCUT2D eigenvalue weighted by atomic mass is 10.1. The maximum Gasteiger partial charge on any atom is 0.223 e. The summed E-state index contributed by atoms with van der Waals surface area (Å²) in [7, 11) is 1.68. The van der Waals surface area contributed by atoms with Gasteiger partial charge in [-0.2, -0.15) is 0 Å². The van der Waals surface area contributed by atoms with Crippen LogP contribution < -0.4 is 20.7 Å². The summed E-state index contributed by atoms with van der Waals surface area (Å²) in [4.78, 5) is 16.1. The lowest BCUT2D eigenvalue weighted by molar-refractivity contribution is -0.122. The predicted molar refractivity (Wildman–Crippen MR) is 112 cm³/mol. The molecule has 0 atom stereocenters. The maximum atomic E-state index is 11.6. The lowest BCUT2D eigenvalue weighted by Gasteiger charge is -2.12. The van der Waals surface area contributed by atoms with Crippen molar-refractivity contribution in [1.29, 1.82) is 0 Å². The number of methoxy groups -OCH3 is 1. The Morgan fingerprint density at radius 2 is 1.92 bits per heavy atom. The van der Waals surface area contributed by atoms with E-state index < -0.39 is 0 Å². The molecule has 140 valence electrons. The Hall–Kier alpha value is -1.51. The quantitative estimate of drug-likeness (QED) is 0.228. The molecular weight excluding hydrogens is 431 g/mol. The summed E-state index contributed by atoms with van der Waals surface area (Å²) in [6, 6.07) is 7.99. The number of halogens is 1. The van der Waals surface area contributed by atoms with Crippen LogP contribution in [0.5, 0.6) is 5.75 Å². The van der Waals surface area contributed by atoms with Crippen LogP contribution in [0, 0.1) is 5.92 Å². The second-order valence-corrected chi connectivity index (χ2v) is 5.81. The van der Waals surface area contributed by atoms with Crippen molar-refractivity contribution in [3.8, 4) is 5.75 Å². The number of hydrogen-bond acceptors (Lipinski definition) is 3. The van der Waals surface area contributed by atoms with E-state index in [2.05, 4.69) is 27.0 Å². The second-order valence-electron chi connectivity index (χ2n) is 5.81. The molecule has 0 radical (unpaired) electrons. The second kappa shape index (κ2) is 11.9. The molecule has 25 heavy (non-hydrogen) atoms. The Balaban J connectivity index is 0.00000312. The zero-order valence-corrected chi connectivity index (χ0v) is 17.3. The molecule has 0 unspecified atom stereocenters. The molecule has 1 aliphatic rings. The molecule has 1 aliphatic carbocycles. The van der Waals surface area contributed by atoms with E-state index in [0.29, 0.717) is 19.6 Å². The Labute approximate surface area is 167 Å². The minimum Gasteiger partial charge on any atom is -0.496 e. The van der Waals surface area contributed by atoms with Crippen LogP contribution in [0.25, 0.3) is 0 Å². The smallest absolute Gasteiger partial charge is 0.223 e. The van der Waals surface area contributed by atoms with E-state index in [9.17, 15) is 4.79 Å². The van der Waals surface area contributed by atoms with Gasteiger partial charge in [0.05, 0.1) is 7.11 Å². The number of carbonyl (C=O) groups is 1. The number of guanidine groups is 1. The number of aliphatic imine (C=N–C) groups is 1. The zero-order valence-electron chi connectivity index (χ0n) is 15.0. The molecule has 0 spiro atoms. The summed E-state index contributed by atoms with van der Waals surface area (Å²) in [6.07, 6.45) is 2.89. The summed E-state index contributed by atoms with van der Waals surface area (Å²) < 4.78 is 5.36. The molecule has 1 aromatic carbocycles. The number of rotatable bonds is 9. The van der Waals surface area contributed by atoms with E-state index in [4.69, 9.17) is 4.74 Å². The van der Waals surface area contributed by atoms with Crippen LogP contribution >= 0.6 is 24.0 Å². The van der Waals surface area contributed by atoms with Crippen LogP contribution in [-0.4, -0.2) is 45.2 Å². The Morgan fingerprint density at radius 1 is 1.20 bits per heavy atom. The number of ether oxygens (including phenoxy) is 1. The van der Waals surface area contributed by atoms with Crippen LogP contribution in [0.3, 0.4) is 0 Å². The van der Waals surface area contributed by atoms with Crippen molar-refractivity contribution in [1.82, 2.24) is 16.0 Å². The largest absolute Gasteiger partial charge is 0.496 e. The van der Waals surface area contributed by atoms with Crippen LogP contribution in [-0.2, 0) is 11.2 Å². The average molecular weight is 460 g/mol. The monoisotopic (exact) mass is 460 g/mol. The first-order valence-corrected chi connectivity index (χ1v) is 8.66. The normalized spacial score (nSPS) is 13.6. The van der Waals surface area contributed by atoms with Gasteiger partial charge in [0.25, 0.3) is 0 Å². The Morgan fingerprint density at radius 3 is 2.60 bits per heavy atom. The number of carbonyl (C=O) groups excluding carboxylic acids is 1. The summed E-state index contributed by atoms with van der Waals surface area (Å²) in [6.45, 7) is 4.79. The fourth-order valence-electron chi connectivity index (χ4n) is 2.40. The molecular formula is C18H29IN4O2. The van der Waals surface area contributed by atoms with Gasteiger partial charge in [0.15, 0.2) is 5.96 Å². The zero-order chi connectivity index (χ0) is 17.2. The third kappa shape index (κ3) is 7.94. The van der Waals surface area contributed by atoms with Crippen molar-refractivity contribution in [2.24, 2.45) is 10.9 Å². The molecule has 1 saturated carbocycles. The highest BCUT2D eigenvalue weighted by molar-refractivity contribution is 14.0. The molecule has 0 aliphatic heterocycles. The number of para-hydroxylation sites is 1. The molecule has 0 bridgehead atoms. The number of hydrogen-bond donors (Lipinski definition) is 3. The molecule has 2 rings (SSSR count). The third-order valence-corrected chi connectivity index (χ3v) is 3.85. The molecule has 1 amide bonds. The minimum atomic E-state index is 0. The first-order chi connectivity index (χ1) is 11.7. The molecule has 1 aromatic rings. The van der Waals surface area contributed by atoms with E-state index in [1.165, 1.54) is 0 Å². The van der Waals surface area contributed by atoms with Gasteiger partial charge in [-0.05, 0) is 37.8 Å². The van der Waals surface area contributed by atoms with E-state index in [0.717, 1.165) is 43.1 Å². The van der Waals surface area contributed by atoms with Crippen molar-refractivity contribution in [2.45, 2.75) is 26.2 Å². The van der Waals surface area contributed by atoms with Gasteiger partial charge in [0.2, 0.25) is 5.91 Å². The summed E-state index contributed by atoms with van der Waals surface area (Å²) in [5.74, 6) is 2.10. The van der Waals surface area contributed by atoms with Crippen LogP contribution in [0.2, 0.25) is 0 Å². The van der Waals surface area contributed by atoms with Crippen LogP contribution in [0.1, 0.15) is 25.3 Å². The number of nitrogens with one attached hydrogen (secondary N) is 3. The van der Waals surface area contributed by atoms with E-state index in [1.807, 2.05) is 25.1 Å². The summed E-state index contributed by atoms with van der Waals surface area (Å²) >= 11 is 0. The van der Waals surface area contributed by atoms with Gasteiger partial charge in [-0.15, -0.1) is 24.0 Å². The SMILES string of the molecule is CCNC(=NCCc1ccccc1OC)NCCNC(=O)C1CC1.I. The van der Waals surface area contributed by atoms with Gasteiger partial charge in [-0.3, -0.25) is 9.79 Å². The van der Waals surface area contributed by atoms with Crippen molar-refractivity contribution >= 4 is 35.8 Å². The predicted octanol–water partition coefficient (Wildman–Crippen LogP) is 1.94. The number of nitrogens with zero attached hydrogens (tertiary/aromatic N) is 1. The Bertz CT molecular complexity index is 562.